The zero-order valence-corrected chi connectivity index (χ0v) is 8.44. The van der Waals surface area contributed by atoms with Gasteiger partial charge in [0.2, 0.25) is 0 Å². The first-order valence-electron chi connectivity index (χ1n) is 3.46. The van der Waals surface area contributed by atoms with Gasteiger partial charge in [0.25, 0.3) is 0 Å². The van der Waals surface area contributed by atoms with E-state index in [9.17, 15) is 5.11 Å². The molecule has 0 aliphatic heterocycles. The molecule has 0 aliphatic carbocycles. The van der Waals surface area contributed by atoms with E-state index in [4.69, 9.17) is 5.26 Å². The van der Waals surface area contributed by atoms with Crippen LogP contribution < -0.4 is 0 Å². The summed E-state index contributed by atoms with van der Waals surface area (Å²) in [7, 11) is 0. The molecule has 0 aliphatic rings. The normalized spacial score (nSPS) is 9.50. The maximum absolute atomic E-state index is 9.49. The molecule has 0 unspecified atom stereocenters. The molecule has 0 aromatic heterocycles. The predicted molar refractivity (Wildman–Crippen MR) is 50.0 cm³/mol. The Kier molecular flexibility index (Phi) is 2.39. The lowest BCUT2D eigenvalue weighted by Crippen LogP contribution is -1.87. The zero-order chi connectivity index (χ0) is 9.30. The fourth-order valence-electron chi connectivity index (χ4n) is 1.08. The average molecular weight is 226 g/mol. The van der Waals surface area contributed by atoms with E-state index < -0.39 is 0 Å². The molecule has 1 aromatic rings. The number of benzene rings is 1. The number of rotatable bonds is 0. The molecule has 1 N–H and O–H groups in total. The minimum Gasteiger partial charge on any atom is -0.505 e. The highest BCUT2D eigenvalue weighted by Crippen LogP contribution is 2.32. The standard InChI is InChI=1S/C9H8BrNO/c1-5-3-6(2)8(10)9(12)7(5)4-11/h3,12H,1-2H3. The number of hydrogen-bond donors (Lipinski definition) is 1. The first-order valence-corrected chi connectivity index (χ1v) is 4.26. The van der Waals surface area contributed by atoms with Gasteiger partial charge in [-0.05, 0) is 40.9 Å². The first-order chi connectivity index (χ1) is 5.57. The van der Waals surface area contributed by atoms with E-state index in [1.54, 1.807) is 6.92 Å². The van der Waals surface area contributed by atoms with Crippen LogP contribution in [0.25, 0.3) is 0 Å². The molecule has 0 spiro atoms. The smallest absolute Gasteiger partial charge is 0.148 e. The van der Waals surface area contributed by atoms with Crippen molar-refractivity contribution >= 4 is 15.9 Å². The van der Waals surface area contributed by atoms with Crippen LogP contribution in [0.4, 0.5) is 0 Å². The van der Waals surface area contributed by atoms with Gasteiger partial charge in [-0.25, -0.2) is 0 Å². The Labute approximate surface area is 79.6 Å². The number of aryl methyl sites for hydroxylation is 2. The molecular formula is C9H8BrNO. The van der Waals surface area contributed by atoms with Crippen LogP contribution in [0, 0.1) is 25.2 Å². The van der Waals surface area contributed by atoms with Gasteiger partial charge in [-0.15, -0.1) is 0 Å². The fourth-order valence-corrected chi connectivity index (χ4v) is 1.40. The van der Waals surface area contributed by atoms with Crippen molar-refractivity contribution in [3.8, 4) is 11.8 Å². The summed E-state index contributed by atoms with van der Waals surface area (Å²) in [6.45, 7) is 3.68. The maximum Gasteiger partial charge on any atom is 0.148 e. The highest BCUT2D eigenvalue weighted by molar-refractivity contribution is 9.10. The second kappa shape index (κ2) is 3.16. The third-order valence-corrected chi connectivity index (χ3v) is 2.73. The molecule has 0 atom stereocenters. The third kappa shape index (κ3) is 1.30. The molecular weight excluding hydrogens is 218 g/mol. The van der Waals surface area contributed by atoms with Gasteiger partial charge >= 0.3 is 0 Å². The van der Waals surface area contributed by atoms with Crippen molar-refractivity contribution in [3.05, 3.63) is 27.2 Å². The van der Waals surface area contributed by atoms with Gasteiger partial charge in [0.05, 0.1) is 10.0 Å². The summed E-state index contributed by atoms with van der Waals surface area (Å²) in [5.41, 5.74) is 2.08. The van der Waals surface area contributed by atoms with Crippen molar-refractivity contribution in [2.24, 2.45) is 0 Å². The quantitative estimate of drug-likeness (QED) is 0.738. The van der Waals surface area contributed by atoms with Crippen LogP contribution in [0.5, 0.6) is 5.75 Å². The molecule has 1 aromatic carbocycles. The van der Waals surface area contributed by atoms with Gasteiger partial charge in [0.1, 0.15) is 11.8 Å². The molecule has 0 heterocycles. The molecule has 0 amide bonds. The van der Waals surface area contributed by atoms with E-state index in [1.165, 1.54) is 0 Å². The molecule has 0 fully saturated rings. The molecule has 0 saturated carbocycles. The van der Waals surface area contributed by atoms with Crippen molar-refractivity contribution in [2.75, 3.05) is 0 Å². The van der Waals surface area contributed by atoms with Gasteiger partial charge in [0.15, 0.2) is 0 Å². The van der Waals surface area contributed by atoms with Crippen LogP contribution in [0.2, 0.25) is 0 Å². The van der Waals surface area contributed by atoms with Gasteiger partial charge < -0.3 is 5.11 Å². The van der Waals surface area contributed by atoms with E-state index in [0.29, 0.717) is 10.0 Å². The summed E-state index contributed by atoms with van der Waals surface area (Å²) >= 11 is 3.20. The Morgan fingerprint density at radius 1 is 1.42 bits per heavy atom. The first kappa shape index (κ1) is 9.08. The SMILES string of the molecule is Cc1cc(C)c(C#N)c(O)c1Br. The number of halogens is 1. The zero-order valence-electron chi connectivity index (χ0n) is 6.85. The van der Waals surface area contributed by atoms with Gasteiger partial charge in [-0.3, -0.25) is 0 Å². The molecule has 12 heavy (non-hydrogen) atoms. The van der Waals surface area contributed by atoms with Crippen LogP contribution in [0.1, 0.15) is 16.7 Å². The minimum absolute atomic E-state index is 0.0370. The van der Waals surface area contributed by atoms with Crippen LogP contribution in [0.15, 0.2) is 10.5 Å². The van der Waals surface area contributed by atoms with Crippen LogP contribution in [-0.2, 0) is 0 Å². The number of aromatic hydroxyl groups is 1. The van der Waals surface area contributed by atoms with Crippen LogP contribution >= 0.6 is 15.9 Å². The number of hydrogen-bond acceptors (Lipinski definition) is 2. The van der Waals surface area contributed by atoms with E-state index >= 15 is 0 Å². The monoisotopic (exact) mass is 225 g/mol. The summed E-state index contributed by atoms with van der Waals surface area (Å²) in [4.78, 5) is 0. The topological polar surface area (TPSA) is 44.0 Å². The summed E-state index contributed by atoms with van der Waals surface area (Å²) in [5.74, 6) is 0.0370. The number of phenols is 1. The van der Waals surface area contributed by atoms with E-state index in [2.05, 4.69) is 15.9 Å². The molecule has 2 nitrogen and oxygen atoms in total. The van der Waals surface area contributed by atoms with Crippen LogP contribution in [-0.4, -0.2) is 5.11 Å². The molecule has 0 saturated heterocycles. The predicted octanol–water partition coefficient (Wildman–Crippen LogP) is 2.64. The minimum atomic E-state index is 0.0370. The Balaban J connectivity index is 3.54. The third-order valence-electron chi connectivity index (χ3n) is 1.73. The summed E-state index contributed by atoms with van der Waals surface area (Å²) in [6.07, 6.45) is 0. The van der Waals surface area contributed by atoms with Gasteiger partial charge in [-0.1, -0.05) is 6.07 Å². The van der Waals surface area contributed by atoms with E-state index in [1.807, 2.05) is 19.1 Å². The number of nitrogens with zero attached hydrogens (tertiary/aromatic N) is 1. The molecule has 0 radical (unpaired) electrons. The number of phenolic OH excluding ortho intramolecular Hbond substituents is 1. The summed E-state index contributed by atoms with van der Waals surface area (Å²) in [6, 6.07) is 3.82. The second-order valence-corrected chi connectivity index (χ2v) is 3.45. The Morgan fingerprint density at radius 2 is 2.00 bits per heavy atom. The largest absolute Gasteiger partial charge is 0.505 e. The molecule has 62 valence electrons. The number of nitriles is 1. The van der Waals surface area contributed by atoms with E-state index in [-0.39, 0.29) is 5.75 Å². The summed E-state index contributed by atoms with van der Waals surface area (Å²) < 4.78 is 0.602. The Hall–Kier alpha value is -1.01. The Bertz CT molecular complexity index is 366. The van der Waals surface area contributed by atoms with Crippen molar-refractivity contribution in [1.82, 2.24) is 0 Å². The van der Waals surface area contributed by atoms with Crippen molar-refractivity contribution in [1.29, 1.82) is 5.26 Å². The van der Waals surface area contributed by atoms with Crippen LogP contribution in [0.3, 0.4) is 0 Å². The second-order valence-electron chi connectivity index (χ2n) is 2.66. The maximum atomic E-state index is 9.49. The molecule has 3 heteroatoms. The van der Waals surface area contributed by atoms with Gasteiger partial charge in [-0.2, -0.15) is 5.26 Å². The Morgan fingerprint density at radius 3 is 2.50 bits per heavy atom. The van der Waals surface area contributed by atoms with Gasteiger partial charge in [0, 0.05) is 0 Å². The average Bonchev–Trinajstić information content (AvgIpc) is 2.01. The van der Waals surface area contributed by atoms with Crippen molar-refractivity contribution in [2.45, 2.75) is 13.8 Å². The highest BCUT2D eigenvalue weighted by Gasteiger charge is 2.10. The lowest BCUT2D eigenvalue weighted by Gasteiger charge is -2.05. The molecule has 0 bridgehead atoms. The van der Waals surface area contributed by atoms with E-state index in [0.717, 1.165) is 11.1 Å². The summed E-state index contributed by atoms with van der Waals surface area (Å²) in [5, 5.41) is 18.2. The highest BCUT2D eigenvalue weighted by atomic mass is 79.9. The van der Waals surface area contributed by atoms with Crippen molar-refractivity contribution < 1.29 is 5.11 Å². The van der Waals surface area contributed by atoms with Crippen molar-refractivity contribution in [3.63, 3.8) is 0 Å². The lowest BCUT2D eigenvalue weighted by molar-refractivity contribution is 0.469. The fraction of sp³-hybridized carbons (Fsp3) is 0.222. The lowest BCUT2D eigenvalue weighted by atomic mass is 10.1. The molecule has 1 rings (SSSR count).